The van der Waals surface area contributed by atoms with E-state index in [1.807, 2.05) is 253 Å². The number of benzene rings is 16. The molecule has 28 nitrogen and oxygen atoms in total. The van der Waals surface area contributed by atoms with Gasteiger partial charge in [0.15, 0.2) is 0 Å². The van der Waals surface area contributed by atoms with E-state index in [2.05, 4.69) is 29.8 Å². The van der Waals surface area contributed by atoms with Gasteiger partial charge in [-0.15, -0.1) is 0 Å². The molecule has 16 aromatic carbocycles. The van der Waals surface area contributed by atoms with Crippen molar-refractivity contribution in [2.24, 2.45) is 20.6 Å². The molecule has 0 atom stereocenters. The fraction of sp³-hybridized carbons (Fsp3) is 0.0545. The summed E-state index contributed by atoms with van der Waals surface area (Å²) in [5.74, 6) is -3.04. The van der Waals surface area contributed by atoms with E-state index in [9.17, 15) is 68.4 Å². The van der Waals surface area contributed by atoms with Gasteiger partial charge in [-0.25, -0.2) is 28.0 Å². The molecule has 0 aliphatic carbocycles. The fourth-order valence-corrected chi connectivity index (χ4v) is 16.8. The fourth-order valence-electron chi connectivity index (χ4n) is 16.8. The van der Waals surface area contributed by atoms with Crippen molar-refractivity contribution < 1.29 is 67.0 Å². The molecule has 4 heterocycles. The van der Waals surface area contributed by atoms with Crippen molar-refractivity contribution in [3.8, 4) is 22.7 Å². The highest BCUT2D eigenvalue weighted by molar-refractivity contribution is 6.17. The van der Waals surface area contributed by atoms with Crippen LogP contribution in [0.3, 0.4) is 0 Å². The van der Waals surface area contributed by atoms with Crippen molar-refractivity contribution in [2.75, 3.05) is 0 Å². The largest absolute Gasteiger partial charge is 0.332 e. The molecule has 0 bridgehead atoms. The van der Waals surface area contributed by atoms with Crippen LogP contribution < -0.4 is 0 Å². The predicted octanol–water partition coefficient (Wildman–Crippen LogP) is 24.8. The molecule has 0 unspecified atom stereocenters. The van der Waals surface area contributed by atoms with Crippen LogP contribution in [-0.2, 0) is 44.9 Å². The van der Waals surface area contributed by atoms with Gasteiger partial charge in [-0.05, 0) is 157 Å². The number of nitro groups is 4. The van der Waals surface area contributed by atoms with Gasteiger partial charge in [-0.2, -0.15) is 0 Å². The Morgan fingerprint density at radius 2 is 0.543 bits per heavy atom. The Labute approximate surface area is 794 Å². The summed E-state index contributed by atoms with van der Waals surface area (Å²) in [5.41, 5.74) is 19.1. The molecular formula is C110H78F2N12O16. The van der Waals surface area contributed by atoms with Crippen molar-refractivity contribution in [2.45, 2.75) is 41.0 Å². The van der Waals surface area contributed by atoms with E-state index in [4.69, 9.17) is 19.4 Å². The number of aromatic nitrogens is 4. The molecule has 0 N–H and O–H groups in total. The number of halogens is 2. The SMILES string of the molecule is CC(=O)O/N=C(/Cc1ccccc1C)c1ccc(-n2c3ccccc3c3cc([N+](=O)[O-])ccc32)cc1.CC(=O)O/N=C(/c1ccc(F)cc1)c1ccc(-n2c3ccccc3c3cc([N+](=O)[O-])ccc32)cc1.CC(=O)O/N=C(/c1ccccc1)c1ccc(-n2c3ccccc3c3cc([N+](=O)[O-])ccc32)cc1.CC(=O)O/N=C(\c1ccc(-n2c3ccccc3c3cc([N+](=O)[O-])ccc32)cc1)c1ccccc1F. The number of nitro benzene ring substituents is 4. The molecule has 0 saturated heterocycles. The van der Waals surface area contributed by atoms with Crippen LogP contribution >= 0.6 is 0 Å². The summed E-state index contributed by atoms with van der Waals surface area (Å²) >= 11 is 0. The molecule has 0 aliphatic heterocycles. The maximum Gasteiger partial charge on any atom is 0.332 e. The van der Waals surface area contributed by atoms with Gasteiger partial charge in [-0.3, -0.25) is 40.5 Å². The van der Waals surface area contributed by atoms with Crippen LogP contribution in [0.15, 0.2) is 391 Å². The van der Waals surface area contributed by atoms with E-state index >= 15 is 0 Å². The first-order valence-corrected chi connectivity index (χ1v) is 43.6. The van der Waals surface area contributed by atoms with E-state index in [1.165, 1.54) is 70.2 Å². The Balaban J connectivity index is 0.000000129. The van der Waals surface area contributed by atoms with Crippen molar-refractivity contribution >= 4 is 157 Å². The smallest absolute Gasteiger partial charge is 0.318 e. The van der Waals surface area contributed by atoms with Crippen LogP contribution in [0.5, 0.6) is 0 Å². The minimum absolute atomic E-state index is 0.0203. The number of carbonyl (C=O) groups is 4. The molecule has 20 aromatic rings. The molecule has 30 heteroatoms. The first-order chi connectivity index (χ1) is 67.8. The summed E-state index contributed by atoms with van der Waals surface area (Å²) < 4.78 is 36.1. The first-order valence-electron chi connectivity index (χ1n) is 43.6. The van der Waals surface area contributed by atoms with E-state index in [-0.39, 0.29) is 49.7 Å². The molecule has 0 amide bonds. The van der Waals surface area contributed by atoms with Crippen LogP contribution in [-0.4, -0.2) is 84.7 Å². The van der Waals surface area contributed by atoms with Gasteiger partial charge in [0.05, 0.1) is 69.5 Å². The number of carbonyl (C=O) groups excluding carboxylic acids is 4. The Kier molecular flexibility index (Phi) is 26.9. The van der Waals surface area contributed by atoms with E-state index in [1.54, 1.807) is 91.0 Å². The van der Waals surface area contributed by atoms with E-state index in [0.29, 0.717) is 40.2 Å². The zero-order valence-electron chi connectivity index (χ0n) is 75.1. The standard InChI is InChI=1S/C29H23N3O4.2C27H18FN3O4.C27H19N3O4/c1-19-7-3-4-8-22(19)17-27(30-36-20(2)33)21-11-13-23(14-12-21)31-28-10-6-5-9-25(28)26-18-24(32(34)35)15-16-29(26)31;1-17(32)35-29-27(22-7-2-4-8-24(22)28)18-10-12-19(13-11-18)30-25-9-5-3-6-21(25)23-16-20(31(33)34)14-15-26(23)30;1-17(32)35-29-27(18-6-10-20(28)11-7-18)19-8-12-21(13-9-19)30-25-5-3-2-4-23(25)24-16-22(31(33)34)14-15-26(24)30;1-18(31)34-28-27(19-7-3-2-4-8-19)20-11-13-21(14-12-20)29-25-10-6-5-9-23(25)24-17-22(30(32)33)15-16-26(24)29/h3-16,18H,17H2,1-2H3;2*2-16H,1H3;2-17H,1H3/b30-27-;29-27+;29-27-;28-27-. The van der Waals surface area contributed by atoms with Crippen LogP contribution in [0.4, 0.5) is 31.5 Å². The molecule has 0 saturated carbocycles. The monoisotopic (exact) mass is 1860 g/mol. The molecule has 0 fully saturated rings. The minimum Gasteiger partial charge on any atom is -0.318 e. The summed E-state index contributed by atoms with van der Waals surface area (Å²) in [6.07, 6.45) is 0.512. The van der Waals surface area contributed by atoms with E-state index < -0.39 is 39.5 Å². The van der Waals surface area contributed by atoms with Gasteiger partial charge in [0.1, 0.15) is 28.8 Å². The summed E-state index contributed by atoms with van der Waals surface area (Å²) in [4.78, 5) is 109. The van der Waals surface area contributed by atoms with Gasteiger partial charge in [-0.1, -0.05) is 209 Å². The van der Waals surface area contributed by atoms with Gasteiger partial charge < -0.3 is 37.6 Å². The highest BCUT2D eigenvalue weighted by atomic mass is 19.1. The Hall–Kier alpha value is -19.3. The highest BCUT2D eigenvalue weighted by Gasteiger charge is 2.25. The Bertz CT molecular complexity index is 8450. The average molecular weight is 1860 g/mol. The number of fused-ring (bicyclic) bond motifs is 12. The Morgan fingerprint density at radius 3 is 0.871 bits per heavy atom. The highest BCUT2D eigenvalue weighted by Crippen LogP contribution is 2.40. The summed E-state index contributed by atoms with van der Waals surface area (Å²) in [7, 11) is 0. The van der Waals surface area contributed by atoms with Gasteiger partial charge in [0, 0.05) is 182 Å². The number of para-hydroxylation sites is 4. The van der Waals surface area contributed by atoms with Crippen LogP contribution in [0, 0.1) is 59.0 Å². The lowest BCUT2D eigenvalue weighted by atomic mass is 9.99. The summed E-state index contributed by atoms with van der Waals surface area (Å²) in [5, 5.41) is 68.3. The zero-order valence-corrected chi connectivity index (χ0v) is 75.1. The van der Waals surface area contributed by atoms with Crippen LogP contribution in [0.1, 0.15) is 77.8 Å². The molecule has 140 heavy (non-hydrogen) atoms. The van der Waals surface area contributed by atoms with Crippen LogP contribution in [0.2, 0.25) is 0 Å². The number of aryl methyl sites for hydroxylation is 1. The van der Waals surface area contributed by atoms with Crippen molar-refractivity contribution in [1.82, 2.24) is 18.3 Å². The second-order valence-electron chi connectivity index (χ2n) is 32.1. The molecule has 4 aromatic heterocycles. The van der Waals surface area contributed by atoms with Crippen molar-refractivity contribution in [1.29, 1.82) is 0 Å². The number of nitrogens with zero attached hydrogens (tertiary/aromatic N) is 12. The predicted molar refractivity (Wildman–Crippen MR) is 534 cm³/mol. The number of non-ortho nitro benzene ring substituents is 4. The van der Waals surface area contributed by atoms with Gasteiger partial charge in [0.25, 0.3) is 22.7 Å². The van der Waals surface area contributed by atoms with Crippen molar-refractivity contribution in [3.05, 3.63) is 472 Å². The maximum absolute atomic E-state index is 14.5. The summed E-state index contributed by atoms with van der Waals surface area (Å²) in [6, 6.07) is 110. The zero-order chi connectivity index (χ0) is 97.9. The van der Waals surface area contributed by atoms with Crippen molar-refractivity contribution in [3.63, 3.8) is 0 Å². The number of hydrogen-bond acceptors (Lipinski definition) is 20. The van der Waals surface area contributed by atoms with E-state index in [0.717, 1.165) is 138 Å². The normalized spacial score (nSPS) is 11.7. The minimum atomic E-state index is -0.616. The quantitative estimate of drug-likeness (QED) is 0.0279. The summed E-state index contributed by atoms with van der Waals surface area (Å²) in [6.45, 7) is 7.14. The van der Waals surface area contributed by atoms with Gasteiger partial charge in [0.2, 0.25) is 0 Å². The maximum atomic E-state index is 14.5. The van der Waals surface area contributed by atoms with Gasteiger partial charge >= 0.3 is 23.9 Å². The molecule has 20 rings (SSSR count). The van der Waals surface area contributed by atoms with Crippen LogP contribution in [0.25, 0.3) is 110 Å². The Morgan fingerprint density at radius 1 is 0.279 bits per heavy atom. The lowest BCUT2D eigenvalue weighted by Crippen LogP contribution is -2.09. The first kappa shape index (κ1) is 92.6. The lowest BCUT2D eigenvalue weighted by Gasteiger charge is -2.11. The second-order valence-corrected chi connectivity index (χ2v) is 32.1. The average Bonchev–Trinajstić information content (AvgIpc) is 1.61. The molecule has 688 valence electrons. The molecule has 0 spiro atoms. The molecule has 0 aliphatic rings. The third-order valence-corrected chi connectivity index (χ3v) is 23.1. The number of hydrogen-bond donors (Lipinski definition) is 0. The number of oxime groups is 4. The topological polar surface area (TPSA) is 347 Å². The third-order valence-electron chi connectivity index (χ3n) is 23.1. The number of rotatable bonds is 21. The molecular weight excluding hydrogens is 1780 g/mol. The second kappa shape index (κ2) is 40.7. The molecule has 0 radical (unpaired) electrons. The lowest BCUT2D eigenvalue weighted by molar-refractivity contribution is -0.384. The third kappa shape index (κ3) is 19.7.